The maximum absolute atomic E-state index is 9.12. The number of unbranched alkanes of at least 4 members (excludes halogenated alkanes) is 2. The van der Waals surface area contributed by atoms with E-state index in [9.17, 15) is 0 Å². The van der Waals surface area contributed by atoms with Crippen molar-refractivity contribution in [1.82, 2.24) is 4.90 Å². The van der Waals surface area contributed by atoms with Crippen LogP contribution < -0.4 is 15.2 Å². The molecule has 0 aromatic heterocycles. The van der Waals surface area contributed by atoms with Crippen molar-refractivity contribution >= 4 is 0 Å². The molecule has 0 amide bonds. The van der Waals surface area contributed by atoms with Gasteiger partial charge >= 0.3 is 0 Å². The van der Waals surface area contributed by atoms with Gasteiger partial charge in [-0.1, -0.05) is 25.8 Å². The van der Waals surface area contributed by atoms with E-state index in [0.29, 0.717) is 26.3 Å². The lowest BCUT2D eigenvalue weighted by Gasteiger charge is -2.27. The van der Waals surface area contributed by atoms with Gasteiger partial charge in [0.2, 0.25) is 0 Å². The largest absolute Gasteiger partial charge is 0.490 e. The van der Waals surface area contributed by atoms with E-state index in [4.69, 9.17) is 20.3 Å². The van der Waals surface area contributed by atoms with Gasteiger partial charge in [-0.3, -0.25) is 4.90 Å². The second kappa shape index (κ2) is 11.3. The zero-order chi connectivity index (χ0) is 17.1. The van der Waals surface area contributed by atoms with Crippen molar-refractivity contribution in [2.75, 3.05) is 40.0 Å². The van der Waals surface area contributed by atoms with Gasteiger partial charge in [0.05, 0.1) is 19.8 Å². The lowest BCUT2D eigenvalue weighted by molar-refractivity contribution is 0.183. The van der Waals surface area contributed by atoms with Gasteiger partial charge in [0.15, 0.2) is 11.5 Å². The number of rotatable bonds is 12. The highest BCUT2D eigenvalue weighted by molar-refractivity contribution is 5.44. The fourth-order valence-corrected chi connectivity index (χ4v) is 2.54. The Labute approximate surface area is 140 Å². The van der Waals surface area contributed by atoms with Crippen LogP contribution in [0.3, 0.4) is 0 Å². The molecule has 132 valence electrons. The molecule has 0 radical (unpaired) electrons. The third-order valence-corrected chi connectivity index (χ3v) is 3.87. The van der Waals surface area contributed by atoms with E-state index in [2.05, 4.69) is 6.92 Å². The summed E-state index contributed by atoms with van der Waals surface area (Å²) in [5.41, 5.74) is 6.99. The van der Waals surface area contributed by atoms with Gasteiger partial charge in [0, 0.05) is 19.1 Å². The van der Waals surface area contributed by atoms with Crippen LogP contribution in [0.25, 0.3) is 0 Å². The smallest absolute Gasteiger partial charge is 0.161 e. The molecular formula is C18H32N2O3. The molecule has 0 saturated heterocycles. The van der Waals surface area contributed by atoms with E-state index in [1.165, 1.54) is 12.8 Å². The van der Waals surface area contributed by atoms with E-state index in [1.54, 1.807) is 0 Å². The van der Waals surface area contributed by atoms with Crippen molar-refractivity contribution < 1.29 is 14.6 Å². The van der Waals surface area contributed by atoms with Crippen LogP contribution in [0.1, 0.15) is 44.7 Å². The summed E-state index contributed by atoms with van der Waals surface area (Å²) in [5, 5.41) is 9.12. The molecular weight excluding hydrogens is 292 g/mol. The molecule has 1 rings (SSSR count). The van der Waals surface area contributed by atoms with Crippen molar-refractivity contribution in [3.63, 3.8) is 0 Å². The van der Waals surface area contributed by atoms with Crippen molar-refractivity contribution in [3.8, 4) is 11.5 Å². The van der Waals surface area contributed by atoms with Crippen LogP contribution in [0.5, 0.6) is 11.5 Å². The first-order valence-electron chi connectivity index (χ1n) is 8.58. The summed E-state index contributed by atoms with van der Waals surface area (Å²) in [6.45, 7) is 6.62. The maximum Gasteiger partial charge on any atom is 0.161 e. The van der Waals surface area contributed by atoms with Crippen LogP contribution >= 0.6 is 0 Å². The topological polar surface area (TPSA) is 68.0 Å². The summed E-state index contributed by atoms with van der Waals surface area (Å²) in [6, 6.07) is 6.05. The summed E-state index contributed by atoms with van der Waals surface area (Å²) >= 11 is 0. The van der Waals surface area contributed by atoms with E-state index >= 15 is 0 Å². The third kappa shape index (κ3) is 6.37. The highest BCUT2D eigenvalue weighted by Gasteiger charge is 2.17. The molecule has 0 aliphatic carbocycles. The van der Waals surface area contributed by atoms with E-state index < -0.39 is 0 Å². The first-order chi connectivity index (χ1) is 11.2. The number of nitrogens with two attached hydrogens (primary N) is 1. The normalized spacial score (nSPS) is 12.4. The molecule has 0 saturated carbocycles. The molecule has 0 spiro atoms. The predicted molar refractivity (Wildman–Crippen MR) is 94.1 cm³/mol. The number of benzene rings is 1. The zero-order valence-corrected chi connectivity index (χ0v) is 14.8. The Kier molecular flexibility index (Phi) is 9.67. The number of likely N-dealkylation sites (N-methyl/N-ethyl adjacent to an activating group) is 1. The van der Waals surface area contributed by atoms with E-state index in [0.717, 1.165) is 23.5 Å². The van der Waals surface area contributed by atoms with Crippen molar-refractivity contribution in [2.24, 2.45) is 5.73 Å². The summed E-state index contributed by atoms with van der Waals surface area (Å²) < 4.78 is 11.6. The molecule has 0 aliphatic rings. The average Bonchev–Trinajstić information content (AvgIpc) is 2.54. The minimum absolute atomic E-state index is 0.0514. The molecule has 1 aromatic carbocycles. The SMILES string of the molecule is CCCCCOc1ccc(C(CN)N(C)CCO)cc1OCC. The maximum atomic E-state index is 9.12. The van der Waals surface area contributed by atoms with Crippen molar-refractivity contribution in [1.29, 1.82) is 0 Å². The van der Waals surface area contributed by atoms with Gasteiger partial charge in [-0.2, -0.15) is 0 Å². The van der Waals surface area contributed by atoms with Gasteiger partial charge in [0.1, 0.15) is 0 Å². The second-order valence-corrected chi connectivity index (χ2v) is 5.65. The van der Waals surface area contributed by atoms with Crippen LogP contribution in [0.15, 0.2) is 18.2 Å². The van der Waals surface area contributed by atoms with Crippen LogP contribution in [0, 0.1) is 0 Å². The summed E-state index contributed by atoms with van der Waals surface area (Å²) in [5.74, 6) is 1.55. The van der Waals surface area contributed by atoms with Gasteiger partial charge in [0.25, 0.3) is 0 Å². The number of ether oxygens (including phenoxy) is 2. The molecule has 3 N–H and O–H groups in total. The molecule has 1 unspecified atom stereocenters. The highest BCUT2D eigenvalue weighted by Crippen LogP contribution is 2.32. The molecule has 5 heteroatoms. The van der Waals surface area contributed by atoms with Gasteiger partial charge in [-0.15, -0.1) is 0 Å². The number of hydrogen-bond acceptors (Lipinski definition) is 5. The van der Waals surface area contributed by atoms with E-state index in [-0.39, 0.29) is 12.6 Å². The number of aliphatic hydroxyl groups excluding tert-OH is 1. The molecule has 0 aliphatic heterocycles. The minimum atomic E-state index is 0.0514. The Hall–Kier alpha value is -1.30. The molecule has 0 bridgehead atoms. The number of aliphatic hydroxyl groups is 1. The Morgan fingerprint density at radius 2 is 1.96 bits per heavy atom. The van der Waals surface area contributed by atoms with Crippen LogP contribution in [0.2, 0.25) is 0 Å². The van der Waals surface area contributed by atoms with Crippen LogP contribution in [-0.2, 0) is 0 Å². The number of nitrogens with zero attached hydrogens (tertiary/aromatic N) is 1. The van der Waals surface area contributed by atoms with Gasteiger partial charge in [-0.05, 0) is 38.1 Å². The summed E-state index contributed by atoms with van der Waals surface area (Å²) in [4.78, 5) is 2.05. The monoisotopic (exact) mass is 324 g/mol. The lowest BCUT2D eigenvalue weighted by Crippen LogP contribution is -2.32. The fraction of sp³-hybridized carbons (Fsp3) is 0.667. The van der Waals surface area contributed by atoms with Crippen LogP contribution in [0.4, 0.5) is 0 Å². The molecule has 1 atom stereocenters. The molecule has 5 nitrogen and oxygen atoms in total. The minimum Gasteiger partial charge on any atom is -0.490 e. The van der Waals surface area contributed by atoms with Gasteiger partial charge in [-0.25, -0.2) is 0 Å². The molecule has 1 aromatic rings. The second-order valence-electron chi connectivity index (χ2n) is 5.65. The standard InChI is InChI=1S/C18H32N2O3/c1-4-6-7-12-23-17-9-8-15(13-18(17)22-5-2)16(14-19)20(3)10-11-21/h8-9,13,16,21H,4-7,10-12,14,19H2,1-3H3. The average molecular weight is 324 g/mol. The van der Waals surface area contributed by atoms with E-state index in [1.807, 2.05) is 37.1 Å². The Morgan fingerprint density at radius 1 is 1.17 bits per heavy atom. The Balaban J connectivity index is 2.87. The predicted octanol–water partition coefficient (Wildman–Crippen LogP) is 2.58. The fourth-order valence-electron chi connectivity index (χ4n) is 2.54. The molecule has 0 fully saturated rings. The highest BCUT2D eigenvalue weighted by atomic mass is 16.5. The third-order valence-electron chi connectivity index (χ3n) is 3.87. The van der Waals surface area contributed by atoms with Crippen molar-refractivity contribution in [3.05, 3.63) is 23.8 Å². The lowest BCUT2D eigenvalue weighted by atomic mass is 10.0. The summed E-state index contributed by atoms with van der Waals surface area (Å²) in [7, 11) is 1.96. The molecule has 0 heterocycles. The summed E-state index contributed by atoms with van der Waals surface area (Å²) in [6.07, 6.45) is 3.40. The number of hydrogen-bond donors (Lipinski definition) is 2. The first kappa shape index (κ1) is 19.7. The van der Waals surface area contributed by atoms with Gasteiger partial charge < -0.3 is 20.3 Å². The quantitative estimate of drug-likeness (QED) is 0.578. The first-order valence-corrected chi connectivity index (χ1v) is 8.58. The van der Waals surface area contributed by atoms with Crippen molar-refractivity contribution in [2.45, 2.75) is 39.2 Å². The van der Waals surface area contributed by atoms with Crippen LogP contribution in [-0.4, -0.2) is 50.0 Å². The zero-order valence-electron chi connectivity index (χ0n) is 14.8. The Bertz CT molecular complexity index is 440. The molecule has 23 heavy (non-hydrogen) atoms. The Morgan fingerprint density at radius 3 is 2.57 bits per heavy atom.